The van der Waals surface area contributed by atoms with E-state index in [1.165, 1.54) is 10.7 Å². The molecule has 0 saturated carbocycles. The van der Waals surface area contributed by atoms with Crippen molar-refractivity contribution in [2.45, 2.75) is 5.16 Å². The number of anilines is 1. The first-order chi connectivity index (χ1) is 12.6. The summed E-state index contributed by atoms with van der Waals surface area (Å²) in [4.78, 5) is 12.1. The fraction of sp³-hybridized carbons (Fsp3) is 0.118. The van der Waals surface area contributed by atoms with E-state index in [0.29, 0.717) is 16.6 Å². The molecule has 0 aliphatic heterocycles. The van der Waals surface area contributed by atoms with Crippen LogP contribution in [-0.4, -0.2) is 33.6 Å². The molecule has 0 aliphatic rings. The Bertz CT molecular complexity index is 931. The van der Waals surface area contributed by atoms with Crippen molar-refractivity contribution in [2.75, 3.05) is 24.0 Å². The highest BCUT2D eigenvalue weighted by atomic mass is 32.2. The van der Waals surface area contributed by atoms with Crippen molar-refractivity contribution in [1.29, 1.82) is 0 Å². The molecule has 0 bridgehead atoms. The first kappa shape index (κ1) is 17.7. The first-order valence-corrected chi connectivity index (χ1v) is 8.59. The second-order valence-corrected chi connectivity index (χ2v) is 6.17. The van der Waals surface area contributed by atoms with Gasteiger partial charge in [-0.2, -0.15) is 0 Å². The number of aromatic nitrogens is 3. The van der Waals surface area contributed by atoms with Crippen LogP contribution in [0.2, 0.25) is 0 Å². The summed E-state index contributed by atoms with van der Waals surface area (Å²) in [5.74, 6) is 6.17. The molecular formula is C17H16FN5O2S. The summed E-state index contributed by atoms with van der Waals surface area (Å²) >= 11 is 1.10. The maximum absolute atomic E-state index is 13.9. The average Bonchev–Trinajstić information content (AvgIpc) is 3.01. The normalized spacial score (nSPS) is 10.5. The van der Waals surface area contributed by atoms with Crippen LogP contribution in [0.1, 0.15) is 0 Å². The van der Waals surface area contributed by atoms with Gasteiger partial charge in [0.25, 0.3) is 0 Å². The molecule has 0 fully saturated rings. The van der Waals surface area contributed by atoms with E-state index in [9.17, 15) is 9.18 Å². The molecule has 7 nitrogen and oxygen atoms in total. The minimum absolute atomic E-state index is 0.0732. The number of hydrogen-bond donors (Lipinski definition) is 2. The molecule has 1 heterocycles. The summed E-state index contributed by atoms with van der Waals surface area (Å²) in [6.45, 7) is 0. The van der Waals surface area contributed by atoms with Crippen LogP contribution in [0.25, 0.3) is 11.4 Å². The van der Waals surface area contributed by atoms with Gasteiger partial charge in [-0.1, -0.05) is 30.0 Å². The van der Waals surface area contributed by atoms with Gasteiger partial charge in [-0.15, -0.1) is 10.2 Å². The quantitative estimate of drug-likeness (QED) is 0.509. The van der Waals surface area contributed by atoms with Gasteiger partial charge >= 0.3 is 0 Å². The molecule has 0 atom stereocenters. The first-order valence-electron chi connectivity index (χ1n) is 7.60. The molecule has 1 aromatic heterocycles. The summed E-state index contributed by atoms with van der Waals surface area (Å²) in [7, 11) is 1.55. The number of nitrogens with two attached hydrogens (primary N) is 1. The lowest BCUT2D eigenvalue weighted by atomic mass is 10.2. The molecule has 3 N–H and O–H groups in total. The SMILES string of the molecule is COc1cccc(NC(=O)CSc2nnc(-c3ccccc3F)n2N)c1. The fourth-order valence-corrected chi connectivity index (χ4v) is 2.89. The number of hydrogen-bond acceptors (Lipinski definition) is 6. The summed E-state index contributed by atoms with van der Waals surface area (Å²) < 4.78 is 20.1. The third kappa shape index (κ3) is 3.94. The summed E-state index contributed by atoms with van der Waals surface area (Å²) in [6, 6.07) is 13.2. The molecule has 2 aromatic carbocycles. The van der Waals surface area contributed by atoms with E-state index >= 15 is 0 Å². The number of nitrogen functional groups attached to an aromatic ring is 1. The van der Waals surface area contributed by atoms with E-state index in [1.807, 2.05) is 0 Å². The number of nitrogens with zero attached hydrogens (tertiary/aromatic N) is 3. The van der Waals surface area contributed by atoms with Gasteiger partial charge in [0.2, 0.25) is 11.1 Å². The topological polar surface area (TPSA) is 95.1 Å². The smallest absolute Gasteiger partial charge is 0.234 e. The zero-order chi connectivity index (χ0) is 18.5. The van der Waals surface area contributed by atoms with Gasteiger partial charge < -0.3 is 15.9 Å². The van der Waals surface area contributed by atoms with E-state index in [-0.39, 0.29) is 23.0 Å². The van der Waals surface area contributed by atoms with Crippen molar-refractivity contribution in [3.8, 4) is 17.1 Å². The van der Waals surface area contributed by atoms with Crippen LogP contribution in [0.15, 0.2) is 53.7 Å². The minimum Gasteiger partial charge on any atom is -0.497 e. The van der Waals surface area contributed by atoms with Gasteiger partial charge in [0, 0.05) is 11.8 Å². The predicted molar refractivity (Wildman–Crippen MR) is 97.9 cm³/mol. The Hall–Kier alpha value is -3.07. The molecule has 0 radical (unpaired) electrons. The highest BCUT2D eigenvalue weighted by molar-refractivity contribution is 7.99. The average molecular weight is 373 g/mol. The van der Waals surface area contributed by atoms with Crippen molar-refractivity contribution in [1.82, 2.24) is 14.9 Å². The highest BCUT2D eigenvalue weighted by Gasteiger charge is 2.16. The van der Waals surface area contributed by atoms with Crippen LogP contribution >= 0.6 is 11.8 Å². The van der Waals surface area contributed by atoms with Gasteiger partial charge in [0.1, 0.15) is 11.6 Å². The lowest BCUT2D eigenvalue weighted by molar-refractivity contribution is -0.113. The van der Waals surface area contributed by atoms with E-state index in [2.05, 4.69) is 15.5 Å². The van der Waals surface area contributed by atoms with E-state index in [0.717, 1.165) is 11.8 Å². The standard InChI is InChI=1S/C17H16FN5O2S/c1-25-12-6-4-5-11(9-12)20-15(24)10-26-17-22-21-16(23(17)19)13-7-2-3-8-14(13)18/h2-9H,10,19H2,1H3,(H,20,24). The number of carbonyl (C=O) groups is 1. The number of halogens is 1. The fourth-order valence-electron chi connectivity index (χ4n) is 2.23. The van der Waals surface area contributed by atoms with Crippen molar-refractivity contribution in [3.63, 3.8) is 0 Å². The summed E-state index contributed by atoms with van der Waals surface area (Å²) in [6.07, 6.45) is 0. The zero-order valence-electron chi connectivity index (χ0n) is 13.8. The van der Waals surface area contributed by atoms with E-state index < -0.39 is 5.82 Å². The Morgan fingerprint density at radius 3 is 2.85 bits per heavy atom. The Balaban J connectivity index is 1.65. The van der Waals surface area contributed by atoms with Crippen LogP contribution in [0.3, 0.4) is 0 Å². The molecule has 1 amide bonds. The number of methoxy groups -OCH3 is 1. The molecular weight excluding hydrogens is 357 g/mol. The Morgan fingerprint density at radius 1 is 1.27 bits per heavy atom. The number of carbonyl (C=O) groups excluding carboxylic acids is 1. The van der Waals surface area contributed by atoms with Crippen LogP contribution in [-0.2, 0) is 4.79 Å². The molecule has 3 aromatic rings. The Morgan fingerprint density at radius 2 is 2.08 bits per heavy atom. The number of rotatable bonds is 6. The second kappa shape index (κ2) is 7.87. The maximum Gasteiger partial charge on any atom is 0.234 e. The summed E-state index contributed by atoms with van der Waals surface area (Å²) in [5.41, 5.74) is 0.867. The third-order valence-corrected chi connectivity index (χ3v) is 4.41. The number of thioether (sulfide) groups is 1. The van der Waals surface area contributed by atoms with Gasteiger partial charge in [-0.3, -0.25) is 4.79 Å². The highest BCUT2D eigenvalue weighted by Crippen LogP contribution is 2.24. The van der Waals surface area contributed by atoms with E-state index in [1.54, 1.807) is 49.6 Å². The molecule has 9 heteroatoms. The zero-order valence-corrected chi connectivity index (χ0v) is 14.7. The Labute approximate surface area is 153 Å². The van der Waals surface area contributed by atoms with E-state index in [4.69, 9.17) is 10.6 Å². The molecule has 0 aliphatic carbocycles. The number of benzene rings is 2. The van der Waals surface area contributed by atoms with Crippen LogP contribution in [0.5, 0.6) is 5.75 Å². The van der Waals surface area contributed by atoms with Gasteiger partial charge in [0.05, 0.1) is 18.4 Å². The molecule has 0 saturated heterocycles. The van der Waals surface area contributed by atoms with Crippen molar-refractivity contribution in [3.05, 3.63) is 54.3 Å². The number of amides is 1. The monoisotopic (exact) mass is 373 g/mol. The molecule has 0 spiro atoms. The van der Waals surface area contributed by atoms with Crippen LogP contribution in [0, 0.1) is 5.82 Å². The molecule has 0 unspecified atom stereocenters. The van der Waals surface area contributed by atoms with Crippen molar-refractivity contribution >= 4 is 23.4 Å². The van der Waals surface area contributed by atoms with Gasteiger partial charge in [0.15, 0.2) is 5.82 Å². The molecule has 134 valence electrons. The predicted octanol–water partition coefficient (Wildman–Crippen LogP) is 2.54. The largest absolute Gasteiger partial charge is 0.497 e. The second-order valence-electron chi connectivity index (χ2n) is 5.22. The number of ether oxygens (including phenoxy) is 1. The van der Waals surface area contributed by atoms with Crippen LogP contribution in [0.4, 0.5) is 10.1 Å². The maximum atomic E-state index is 13.9. The van der Waals surface area contributed by atoms with Crippen LogP contribution < -0.4 is 15.9 Å². The van der Waals surface area contributed by atoms with Gasteiger partial charge in [-0.25, -0.2) is 9.07 Å². The molecule has 3 rings (SSSR count). The minimum atomic E-state index is -0.445. The summed E-state index contributed by atoms with van der Waals surface area (Å²) in [5, 5.41) is 10.9. The third-order valence-electron chi connectivity index (χ3n) is 3.47. The van der Waals surface area contributed by atoms with Gasteiger partial charge in [-0.05, 0) is 24.3 Å². The van der Waals surface area contributed by atoms with Crippen molar-refractivity contribution < 1.29 is 13.9 Å². The van der Waals surface area contributed by atoms with Crippen molar-refractivity contribution in [2.24, 2.45) is 0 Å². The number of nitrogens with one attached hydrogen (secondary N) is 1. The molecule has 26 heavy (non-hydrogen) atoms. The lowest BCUT2D eigenvalue weighted by Gasteiger charge is -2.07. The Kier molecular flexibility index (Phi) is 5.37. The lowest BCUT2D eigenvalue weighted by Crippen LogP contribution is -2.16.